The van der Waals surface area contributed by atoms with Crippen LogP contribution in [0.25, 0.3) is 11.1 Å². The average Bonchev–Trinajstić information content (AvgIpc) is 2.78. The Kier molecular flexibility index (Phi) is 8.44. The van der Waals surface area contributed by atoms with E-state index in [1.54, 1.807) is 0 Å². The van der Waals surface area contributed by atoms with E-state index >= 15 is 0 Å². The lowest BCUT2D eigenvalue weighted by molar-refractivity contribution is 0.309. The Morgan fingerprint density at radius 1 is 0.862 bits per heavy atom. The molecule has 1 aliphatic rings. The summed E-state index contributed by atoms with van der Waals surface area (Å²) in [6.45, 7) is 5.24. The predicted molar refractivity (Wildman–Crippen MR) is 124 cm³/mol. The average molecular weight is 387 g/mol. The molecule has 1 nitrogen and oxygen atoms in total. The first-order chi connectivity index (χ1) is 14.3. The fourth-order valence-electron chi connectivity index (χ4n) is 3.73. The number of hydrogen-bond donors (Lipinski definition) is 0. The van der Waals surface area contributed by atoms with Crippen LogP contribution in [0.1, 0.15) is 70.8 Å². The Morgan fingerprint density at radius 3 is 2.17 bits per heavy atom. The van der Waals surface area contributed by atoms with Crippen molar-refractivity contribution in [3.05, 3.63) is 65.7 Å². The molecule has 2 aromatic carbocycles. The molecular formula is C28H34O. The monoisotopic (exact) mass is 386 g/mol. The molecule has 0 amide bonds. The van der Waals surface area contributed by atoms with Gasteiger partial charge in [0.15, 0.2) is 0 Å². The summed E-state index contributed by atoms with van der Waals surface area (Å²) in [5.74, 6) is 8.58. The molecule has 0 saturated carbocycles. The van der Waals surface area contributed by atoms with E-state index in [-0.39, 0.29) is 0 Å². The van der Waals surface area contributed by atoms with Crippen LogP contribution in [0.5, 0.6) is 5.75 Å². The molecule has 152 valence electrons. The second-order valence-electron chi connectivity index (χ2n) is 8.07. The molecule has 0 radical (unpaired) electrons. The molecule has 0 fully saturated rings. The van der Waals surface area contributed by atoms with Crippen molar-refractivity contribution in [3.8, 4) is 28.7 Å². The van der Waals surface area contributed by atoms with Crippen LogP contribution in [-0.4, -0.2) is 6.61 Å². The lowest BCUT2D eigenvalue weighted by Gasteiger charge is -2.19. The van der Waals surface area contributed by atoms with E-state index in [4.69, 9.17) is 4.74 Å². The van der Waals surface area contributed by atoms with Crippen LogP contribution in [0, 0.1) is 17.8 Å². The Labute approximate surface area is 177 Å². The molecular weight excluding hydrogens is 352 g/mol. The number of benzene rings is 2. The topological polar surface area (TPSA) is 9.23 Å². The van der Waals surface area contributed by atoms with Gasteiger partial charge in [0.05, 0.1) is 6.61 Å². The van der Waals surface area contributed by atoms with Gasteiger partial charge >= 0.3 is 0 Å². The Morgan fingerprint density at radius 2 is 1.55 bits per heavy atom. The van der Waals surface area contributed by atoms with Gasteiger partial charge in [0.2, 0.25) is 0 Å². The summed E-state index contributed by atoms with van der Waals surface area (Å²) in [7, 11) is 0. The highest BCUT2D eigenvalue weighted by Crippen LogP contribution is 2.27. The van der Waals surface area contributed by atoms with Crippen molar-refractivity contribution in [1.82, 2.24) is 0 Å². The van der Waals surface area contributed by atoms with Crippen molar-refractivity contribution in [3.63, 3.8) is 0 Å². The van der Waals surface area contributed by atoms with E-state index in [2.05, 4.69) is 80.3 Å². The maximum atomic E-state index is 5.75. The number of hydrogen-bond acceptors (Lipinski definition) is 1. The molecule has 1 atom stereocenters. The van der Waals surface area contributed by atoms with Crippen LogP contribution in [0.2, 0.25) is 0 Å². The minimum atomic E-state index is 0.791. The summed E-state index contributed by atoms with van der Waals surface area (Å²) in [5.41, 5.74) is 4.83. The lowest BCUT2D eigenvalue weighted by atomic mass is 9.86. The van der Waals surface area contributed by atoms with Gasteiger partial charge in [-0.15, -0.1) is 0 Å². The summed E-state index contributed by atoms with van der Waals surface area (Å²) in [6, 6.07) is 16.9. The number of ether oxygens (including phenoxy) is 1. The zero-order valence-electron chi connectivity index (χ0n) is 18.0. The van der Waals surface area contributed by atoms with Crippen LogP contribution in [0.3, 0.4) is 0 Å². The zero-order chi connectivity index (χ0) is 20.3. The number of unbranched alkanes of at least 4 members (excludes halogenated alkanes) is 2. The minimum absolute atomic E-state index is 0.791. The molecule has 0 heterocycles. The summed E-state index contributed by atoms with van der Waals surface area (Å²) in [4.78, 5) is 0. The van der Waals surface area contributed by atoms with E-state index in [0.717, 1.165) is 43.1 Å². The van der Waals surface area contributed by atoms with Crippen molar-refractivity contribution in [2.45, 2.75) is 65.2 Å². The first-order valence-corrected chi connectivity index (χ1v) is 11.3. The van der Waals surface area contributed by atoms with Gasteiger partial charge in [-0.2, -0.15) is 0 Å². The summed E-state index contributed by atoms with van der Waals surface area (Å²) < 4.78 is 5.75. The van der Waals surface area contributed by atoms with E-state index < -0.39 is 0 Å². The van der Waals surface area contributed by atoms with Crippen LogP contribution >= 0.6 is 0 Å². The van der Waals surface area contributed by atoms with E-state index in [1.807, 2.05) is 0 Å². The molecule has 3 rings (SSSR count). The van der Waals surface area contributed by atoms with Crippen LogP contribution in [0.4, 0.5) is 0 Å². The number of rotatable bonds is 8. The van der Waals surface area contributed by atoms with Crippen molar-refractivity contribution in [1.29, 1.82) is 0 Å². The standard InChI is InChI=1S/C28H34O/c1-3-5-7-23-8-10-24(11-9-23)12-13-25-14-16-26(17-15-25)27-18-20-28(21-19-27)29-22-6-4-2/h10,14-21,23H,3-9,11,22H2,1-2H3. The molecule has 0 aliphatic heterocycles. The maximum absolute atomic E-state index is 5.75. The molecule has 2 aromatic rings. The SMILES string of the molecule is CCCCOc1ccc(-c2ccc(C#CC3=CCC(CCCC)CC3)cc2)cc1. The normalized spacial score (nSPS) is 15.9. The predicted octanol–water partition coefficient (Wildman–Crippen LogP) is 7.80. The summed E-state index contributed by atoms with van der Waals surface area (Å²) >= 11 is 0. The van der Waals surface area contributed by atoms with Gasteiger partial charge in [0.1, 0.15) is 5.75 Å². The largest absolute Gasteiger partial charge is 0.494 e. The molecule has 0 saturated heterocycles. The third kappa shape index (κ3) is 6.82. The van der Waals surface area contributed by atoms with E-state index in [9.17, 15) is 0 Å². The van der Waals surface area contributed by atoms with E-state index in [0.29, 0.717) is 0 Å². The Hall–Kier alpha value is -2.46. The van der Waals surface area contributed by atoms with Gasteiger partial charge in [-0.1, -0.05) is 81.7 Å². The molecule has 1 aliphatic carbocycles. The highest BCUT2D eigenvalue weighted by Gasteiger charge is 2.12. The third-order valence-electron chi connectivity index (χ3n) is 5.69. The fraction of sp³-hybridized carbons (Fsp3) is 0.429. The van der Waals surface area contributed by atoms with Crippen LogP contribution in [-0.2, 0) is 0 Å². The molecule has 0 aromatic heterocycles. The van der Waals surface area contributed by atoms with Crippen LogP contribution in [0.15, 0.2) is 60.2 Å². The number of allylic oxidation sites excluding steroid dienone is 2. The Bertz CT molecular complexity index is 831. The van der Waals surface area contributed by atoms with E-state index in [1.165, 1.54) is 48.8 Å². The van der Waals surface area contributed by atoms with Gasteiger partial charge in [0, 0.05) is 5.56 Å². The Balaban J connectivity index is 1.56. The first-order valence-electron chi connectivity index (χ1n) is 11.3. The zero-order valence-corrected chi connectivity index (χ0v) is 18.0. The first kappa shape index (κ1) is 21.3. The highest BCUT2D eigenvalue weighted by atomic mass is 16.5. The van der Waals surface area contributed by atoms with Crippen LogP contribution < -0.4 is 4.74 Å². The second kappa shape index (κ2) is 11.5. The third-order valence-corrected chi connectivity index (χ3v) is 5.69. The highest BCUT2D eigenvalue weighted by molar-refractivity contribution is 5.65. The van der Waals surface area contributed by atoms with Crippen molar-refractivity contribution in [2.75, 3.05) is 6.61 Å². The smallest absolute Gasteiger partial charge is 0.119 e. The lowest BCUT2D eigenvalue weighted by Crippen LogP contribution is -2.05. The summed E-state index contributed by atoms with van der Waals surface area (Å²) in [5, 5.41) is 0. The molecule has 1 unspecified atom stereocenters. The maximum Gasteiger partial charge on any atom is 0.119 e. The molecule has 0 spiro atoms. The van der Waals surface area contributed by atoms with Crippen molar-refractivity contribution in [2.24, 2.45) is 5.92 Å². The molecule has 29 heavy (non-hydrogen) atoms. The minimum Gasteiger partial charge on any atom is -0.494 e. The summed E-state index contributed by atoms with van der Waals surface area (Å²) in [6.07, 6.45) is 12.3. The fourth-order valence-corrected chi connectivity index (χ4v) is 3.73. The molecule has 0 N–H and O–H groups in total. The van der Waals surface area contributed by atoms with Gasteiger partial charge in [-0.3, -0.25) is 0 Å². The van der Waals surface area contributed by atoms with Gasteiger partial charge < -0.3 is 4.74 Å². The van der Waals surface area contributed by atoms with Gasteiger partial charge in [-0.25, -0.2) is 0 Å². The van der Waals surface area contributed by atoms with Gasteiger partial charge in [-0.05, 0) is 72.6 Å². The molecule has 1 heteroatoms. The second-order valence-corrected chi connectivity index (χ2v) is 8.07. The van der Waals surface area contributed by atoms with Crippen molar-refractivity contribution < 1.29 is 4.74 Å². The van der Waals surface area contributed by atoms with Gasteiger partial charge in [0.25, 0.3) is 0 Å². The quantitative estimate of drug-likeness (QED) is 0.332. The molecule has 0 bridgehead atoms. The van der Waals surface area contributed by atoms with Crippen molar-refractivity contribution >= 4 is 0 Å².